The largest absolute Gasteiger partial charge is 0.478 e. The van der Waals surface area contributed by atoms with E-state index in [4.69, 9.17) is 10.7 Å². The van der Waals surface area contributed by atoms with Gasteiger partial charge in [-0.3, -0.25) is 0 Å². The third-order valence-electron chi connectivity index (χ3n) is 5.23. The SMILES string of the molecule is CC1(C)CCc2sc(-c3nc4ccccc4cc3CN)c(C(=O)O)c2C1. The number of aryl methyl sites for hydroxylation is 1. The Bertz CT molecular complexity index is 1020. The van der Waals surface area contributed by atoms with Gasteiger partial charge in [0.2, 0.25) is 0 Å². The molecule has 3 aromatic rings. The normalized spacial score (nSPS) is 15.8. The van der Waals surface area contributed by atoms with Crippen molar-refractivity contribution in [3.63, 3.8) is 0 Å². The smallest absolute Gasteiger partial charge is 0.337 e. The van der Waals surface area contributed by atoms with Gasteiger partial charge in [0.05, 0.1) is 21.7 Å². The first-order valence-corrected chi connectivity index (χ1v) is 9.68. The van der Waals surface area contributed by atoms with Crippen molar-refractivity contribution in [2.45, 2.75) is 39.7 Å². The molecule has 0 aliphatic heterocycles. The van der Waals surface area contributed by atoms with E-state index in [1.165, 1.54) is 4.88 Å². The molecule has 4 rings (SSSR count). The molecule has 1 aliphatic carbocycles. The molecule has 0 bridgehead atoms. The Morgan fingerprint density at radius 3 is 2.85 bits per heavy atom. The van der Waals surface area contributed by atoms with Gasteiger partial charge < -0.3 is 10.8 Å². The number of benzene rings is 1. The van der Waals surface area contributed by atoms with Crippen LogP contribution in [0.25, 0.3) is 21.5 Å². The van der Waals surface area contributed by atoms with E-state index < -0.39 is 5.97 Å². The Kier molecular flexibility index (Phi) is 4.09. The summed E-state index contributed by atoms with van der Waals surface area (Å²) < 4.78 is 0. The van der Waals surface area contributed by atoms with Crippen LogP contribution in [-0.4, -0.2) is 16.1 Å². The third kappa shape index (κ3) is 2.81. The number of pyridine rings is 1. The minimum absolute atomic E-state index is 0.128. The zero-order chi connectivity index (χ0) is 18.5. The fourth-order valence-electron chi connectivity index (χ4n) is 3.82. The zero-order valence-corrected chi connectivity index (χ0v) is 15.8. The summed E-state index contributed by atoms with van der Waals surface area (Å²) in [5.41, 5.74) is 10.0. The molecule has 0 atom stereocenters. The Labute approximate surface area is 156 Å². The highest BCUT2D eigenvalue weighted by Gasteiger charge is 2.33. The highest BCUT2D eigenvalue weighted by atomic mass is 32.1. The predicted octanol–water partition coefficient (Wildman–Crippen LogP) is 4.64. The van der Waals surface area contributed by atoms with Gasteiger partial charge in [-0.2, -0.15) is 0 Å². The summed E-state index contributed by atoms with van der Waals surface area (Å²) in [7, 11) is 0. The van der Waals surface area contributed by atoms with Crippen molar-refractivity contribution in [2.75, 3.05) is 0 Å². The second-order valence-electron chi connectivity index (χ2n) is 7.75. The number of nitrogens with two attached hydrogens (primary N) is 1. The predicted molar refractivity (Wildman–Crippen MR) is 106 cm³/mol. The monoisotopic (exact) mass is 366 g/mol. The molecule has 1 aliphatic rings. The Hall–Kier alpha value is -2.24. The Morgan fingerprint density at radius 2 is 2.12 bits per heavy atom. The summed E-state index contributed by atoms with van der Waals surface area (Å²) in [6, 6.07) is 9.91. The van der Waals surface area contributed by atoms with Crippen LogP contribution in [0.4, 0.5) is 0 Å². The summed E-state index contributed by atoms with van der Waals surface area (Å²) in [5.74, 6) is -0.867. The summed E-state index contributed by atoms with van der Waals surface area (Å²) in [5, 5.41) is 11.0. The van der Waals surface area contributed by atoms with E-state index in [9.17, 15) is 9.90 Å². The lowest BCUT2D eigenvalue weighted by Crippen LogP contribution is -2.22. The molecule has 3 N–H and O–H groups in total. The van der Waals surface area contributed by atoms with Crippen LogP contribution in [0.15, 0.2) is 30.3 Å². The number of carboxylic acid groups (broad SMARTS) is 1. The second-order valence-corrected chi connectivity index (χ2v) is 8.85. The van der Waals surface area contributed by atoms with Crippen LogP contribution in [0, 0.1) is 5.41 Å². The number of carboxylic acids is 1. The van der Waals surface area contributed by atoms with Crippen LogP contribution in [0.1, 0.15) is 46.6 Å². The first-order valence-electron chi connectivity index (χ1n) is 8.86. The van der Waals surface area contributed by atoms with Gasteiger partial charge in [0.1, 0.15) is 0 Å². The van der Waals surface area contributed by atoms with Gasteiger partial charge in [-0.15, -0.1) is 11.3 Å². The minimum atomic E-state index is -0.867. The number of hydrogen-bond donors (Lipinski definition) is 2. The van der Waals surface area contributed by atoms with Gasteiger partial charge >= 0.3 is 5.97 Å². The molecule has 5 heteroatoms. The summed E-state index contributed by atoms with van der Waals surface area (Å²) in [6.45, 7) is 4.75. The van der Waals surface area contributed by atoms with Gasteiger partial charge in [0.15, 0.2) is 0 Å². The number of rotatable bonds is 3. The average Bonchev–Trinajstić information content (AvgIpc) is 2.97. The molecular formula is C21H22N2O2S. The van der Waals surface area contributed by atoms with E-state index in [1.54, 1.807) is 11.3 Å². The van der Waals surface area contributed by atoms with Crippen molar-refractivity contribution in [2.24, 2.45) is 11.1 Å². The maximum atomic E-state index is 12.2. The lowest BCUT2D eigenvalue weighted by molar-refractivity contribution is 0.0696. The number of hydrogen-bond acceptors (Lipinski definition) is 4. The van der Waals surface area contributed by atoms with E-state index in [-0.39, 0.29) is 5.41 Å². The topological polar surface area (TPSA) is 76.2 Å². The maximum Gasteiger partial charge on any atom is 0.337 e. The fraction of sp³-hybridized carbons (Fsp3) is 0.333. The minimum Gasteiger partial charge on any atom is -0.478 e. The highest BCUT2D eigenvalue weighted by molar-refractivity contribution is 7.16. The number of aromatic carboxylic acids is 1. The van der Waals surface area contributed by atoms with Crippen molar-refractivity contribution >= 4 is 28.2 Å². The number of para-hydroxylation sites is 1. The average molecular weight is 366 g/mol. The van der Waals surface area contributed by atoms with Crippen molar-refractivity contribution in [1.82, 2.24) is 4.98 Å². The number of carbonyl (C=O) groups is 1. The van der Waals surface area contributed by atoms with Crippen LogP contribution < -0.4 is 5.73 Å². The van der Waals surface area contributed by atoms with Crippen LogP contribution >= 0.6 is 11.3 Å². The molecule has 1 aromatic carbocycles. The van der Waals surface area contributed by atoms with Crippen molar-refractivity contribution in [1.29, 1.82) is 0 Å². The van der Waals surface area contributed by atoms with E-state index in [1.807, 2.05) is 30.3 Å². The van der Waals surface area contributed by atoms with Gasteiger partial charge in [-0.05, 0) is 47.9 Å². The van der Waals surface area contributed by atoms with Gasteiger partial charge in [0, 0.05) is 16.8 Å². The molecule has 0 unspecified atom stereocenters. The van der Waals surface area contributed by atoms with Crippen LogP contribution in [0.5, 0.6) is 0 Å². The van der Waals surface area contributed by atoms with Crippen LogP contribution in [-0.2, 0) is 19.4 Å². The van der Waals surface area contributed by atoms with Crippen molar-refractivity contribution < 1.29 is 9.90 Å². The standard InChI is InChI=1S/C21H22N2O2S/c1-21(2)8-7-16-14(10-21)17(20(24)25)19(26-16)18-13(11-22)9-12-5-3-4-6-15(12)23-18/h3-6,9H,7-8,10-11,22H2,1-2H3,(H,24,25). The molecule has 4 nitrogen and oxygen atoms in total. The lowest BCUT2D eigenvalue weighted by Gasteiger charge is -2.29. The van der Waals surface area contributed by atoms with E-state index >= 15 is 0 Å². The third-order valence-corrected chi connectivity index (χ3v) is 6.53. The fourth-order valence-corrected chi connectivity index (χ4v) is 5.16. The van der Waals surface area contributed by atoms with E-state index in [2.05, 4.69) is 13.8 Å². The second kappa shape index (κ2) is 6.18. The Morgan fingerprint density at radius 1 is 1.35 bits per heavy atom. The summed E-state index contributed by atoms with van der Waals surface area (Å²) >= 11 is 1.58. The number of nitrogens with zero attached hydrogens (tertiary/aromatic N) is 1. The number of aromatic nitrogens is 1. The van der Waals surface area contributed by atoms with Gasteiger partial charge in [0.25, 0.3) is 0 Å². The number of thiophene rings is 1. The maximum absolute atomic E-state index is 12.2. The number of fused-ring (bicyclic) bond motifs is 2. The molecule has 0 saturated heterocycles. The quantitative estimate of drug-likeness (QED) is 0.708. The molecule has 0 spiro atoms. The first-order chi connectivity index (χ1) is 12.4. The highest BCUT2D eigenvalue weighted by Crippen LogP contribution is 2.45. The molecule has 0 radical (unpaired) electrons. The lowest BCUT2D eigenvalue weighted by atomic mass is 9.76. The molecule has 26 heavy (non-hydrogen) atoms. The zero-order valence-electron chi connectivity index (χ0n) is 15.0. The molecular weight excluding hydrogens is 344 g/mol. The van der Waals surface area contributed by atoms with E-state index in [0.717, 1.165) is 51.9 Å². The molecule has 134 valence electrons. The summed E-state index contributed by atoms with van der Waals surface area (Å²) in [4.78, 5) is 18.9. The van der Waals surface area contributed by atoms with Crippen LogP contribution in [0.2, 0.25) is 0 Å². The first kappa shape index (κ1) is 17.2. The molecule has 0 amide bonds. The molecule has 2 aromatic heterocycles. The van der Waals surface area contributed by atoms with Crippen molar-refractivity contribution in [3.8, 4) is 10.6 Å². The van der Waals surface area contributed by atoms with Gasteiger partial charge in [-0.1, -0.05) is 32.0 Å². The Balaban J connectivity index is 1.98. The van der Waals surface area contributed by atoms with E-state index in [0.29, 0.717) is 12.1 Å². The summed E-state index contributed by atoms with van der Waals surface area (Å²) in [6.07, 6.45) is 2.80. The van der Waals surface area contributed by atoms with Crippen LogP contribution in [0.3, 0.4) is 0 Å². The molecule has 0 fully saturated rings. The molecule has 0 saturated carbocycles. The van der Waals surface area contributed by atoms with Crippen molar-refractivity contribution in [3.05, 3.63) is 51.9 Å². The molecule has 2 heterocycles. The van der Waals surface area contributed by atoms with Gasteiger partial charge in [-0.25, -0.2) is 9.78 Å².